The third-order valence-corrected chi connectivity index (χ3v) is 3.33. The minimum atomic E-state index is 0.577. The van der Waals surface area contributed by atoms with Gasteiger partial charge in [-0.3, -0.25) is 4.90 Å². The van der Waals surface area contributed by atoms with Crippen molar-refractivity contribution in [1.82, 2.24) is 10.2 Å². The number of hydrogen-bond acceptors (Lipinski definition) is 4. The summed E-state index contributed by atoms with van der Waals surface area (Å²) >= 11 is 0. The molecule has 0 bridgehead atoms. The average molecular weight is 260 g/mol. The van der Waals surface area contributed by atoms with Crippen LogP contribution in [0.1, 0.15) is 27.2 Å². The molecule has 0 spiro atoms. The molecule has 1 atom stereocenters. The second kappa shape index (κ2) is 11.9. The fourth-order valence-corrected chi connectivity index (χ4v) is 1.67. The SMILES string of the molecule is COCCCN(CCNC(C)C(C)C)CCOC. The van der Waals surface area contributed by atoms with E-state index in [0.717, 1.165) is 45.8 Å². The second-order valence-electron chi connectivity index (χ2n) is 5.17. The van der Waals surface area contributed by atoms with Crippen LogP contribution in [0.3, 0.4) is 0 Å². The smallest absolute Gasteiger partial charge is 0.0589 e. The zero-order chi connectivity index (χ0) is 13.8. The lowest BCUT2D eigenvalue weighted by molar-refractivity contribution is 0.132. The molecule has 1 N–H and O–H groups in total. The predicted octanol–water partition coefficient (Wildman–Crippen LogP) is 1.61. The molecule has 4 nitrogen and oxygen atoms in total. The number of ether oxygens (including phenoxy) is 2. The zero-order valence-corrected chi connectivity index (χ0v) is 12.9. The highest BCUT2D eigenvalue weighted by molar-refractivity contribution is 4.66. The fraction of sp³-hybridized carbons (Fsp3) is 1.00. The molecule has 0 fully saturated rings. The van der Waals surface area contributed by atoms with E-state index in [4.69, 9.17) is 9.47 Å². The summed E-state index contributed by atoms with van der Waals surface area (Å²) in [6.07, 6.45) is 1.08. The number of nitrogens with one attached hydrogen (secondary N) is 1. The highest BCUT2D eigenvalue weighted by Crippen LogP contribution is 1.99. The van der Waals surface area contributed by atoms with Crippen molar-refractivity contribution in [3.8, 4) is 0 Å². The van der Waals surface area contributed by atoms with Crippen molar-refractivity contribution in [2.75, 3.05) is 53.6 Å². The Bertz CT molecular complexity index is 177. The first-order chi connectivity index (χ1) is 8.61. The van der Waals surface area contributed by atoms with E-state index in [0.29, 0.717) is 12.0 Å². The lowest BCUT2D eigenvalue weighted by atomic mass is 10.1. The summed E-state index contributed by atoms with van der Waals surface area (Å²) in [6, 6.07) is 0.577. The summed E-state index contributed by atoms with van der Waals surface area (Å²) in [6.45, 7) is 12.6. The molecule has 0 rings (SSSR count). The zero-order valence-electron chi connectivity index (χ0n) is 12.9. The third-order valence-electron chi connectivity index (χ3n) is 3.33. The van der Waals surface area contributed by atoms with Crippen molar-refractivity contribution < 1.29 is 9.47 Å². The largest absolute Gasteiger partial charge is 0.385 e. The normalized spacial score (nSPS) is 13.5. The summed E-state index contributed by atoms with van der Waals surface area (Å²) in [5.74, 6) is 0.686. The summed E-state index contributed by atoms with van der Waals surface area (Å²) in [4.78, 5) is 2.43. The molecular weight excluding hydrogens is 228 g/mol. The first-order valence-corrected chi connectivity index (χ1v) is 7.05. The van der Waals surface area contributed by atoms with E-state index in [1.807, 2.05) is 0 Å². The summed E-state index contributed by atoms with van der Waals surface area (Å²) in [7, 11) is 3.51. The molecule has 0 aliphatic rings. The Balaban J connectivity index is 3.77. The van der Waals surface area contributed by atoms with E-state index in [2.05, 4.69) is 31.0 Å². The molecule has 4 heteroatoms. The van der Waals surface area contributed by atoms with Crippen LogP contribution in [-0.4, -0.2) is 64.6 Å². The maximum absolute atomic E-state index is 5.15. The molecular formula is C14H32N2O2. The molecule has 0 aliphatic carbocycles. The van der Waals surface area contributed by atoms with Crippen LogP contribution in [0.2, 0.25) is 0 Å². The van der Waals surface area contributed by atoms with E-state index in [1.165, 1.54) is 0 Å². The van der Waals surface area contributed by atoms with Gasteiger partial charge in [-0.1, -0.05) is 13.8 Å². The minimum absolute atomic E-state index is 0.577. The van der Waals surface area contributed by atoms with Crippen LogP contribution in [0.25, 0.3) is 0 Å². The quantitative estimate of drug-likeness (QED) is 0.541. The lowest BCUT2D eigenvalue weighted by Crippen LogP contribution is -2.39. The van der Waals surface area contributed by atoms with Gasteiger partial charge in [-0.15, -0.1) is 0 Å². The maximum Gasteiger partial charge on any atom is 0.0589 e. The van der Waals surface area contributed by atoms with Crippen LogP contribution in [-0.2, 0) is 9.47 Å². The van der Waals surface area contributed by atoms with Crippen LogP contribution >= 0.6 is 0 Å². The summed E-state index contributed by atoms with van der Waals surface area (Å²) < 4.78 is 10.2. The number of rotatable bonds is 12. The molecule has 110 valence electrons. The van der Waals surface area contributed by atoms with Crippen molar-refractivity contribution >= 4 is 0 Å². The number of nitrogens with zero attached hydrogens (tertiary/aromatic N) is 1. The lowest BCUT2D eigenvalue weighted by Gasteiger charge is -2.24. The van der Waals surface area contributed by atoms with E-state index < -0.39 is 0 Å². The molecule has 0 saturated heterocycles. The fourth-order valence-electron chi connectivity index (χ4n) is 1.67. The first kappa shape index (κ1) is 17.8. The standard InChI is InChI=1S/C14H32N2O2/c1-13(2)14(3)15-7-9-16(10-12-18-5)8-6-11-17-4/h13-15H,6-12H2,1-5H3. The topological polar surface area (TPSA) is 33.7 Å². The van der Waals surface area contributed by atoms with E-state index in [1.54, 1.807) is 14.2 Å². The molecule has 18 heavy (non-hydrogen) atoms. The molecule has 0 heterocycles. The monoisotopic (exact) mass is 260 g/mol. The van der Waals surface area contributed by atoms with Gasteiger partial charge in [0, 0.05) is 53.0 Å². The Kier molecular flexibility index (Phi) is 11.8. The van der Waals surface area contributed by atoms with Gasteiger partial charge in [0.15, 0.2) is 0 Å². The molecule has 0 aromatic rings. The Morgan fingerprint density at radius 2 is 1.61 bits per heavy atom. The van der Waals surface area contributed by atoms with E-state index >= 15 is 0 Å². The molecule has 0 aliphatic heterocycles. The Morgan fingerprint density at radius 1 is 0.944 bits per heavy atom. The number of methoxy groups -OCH3 is 2. The van der Waals surface area contributed by atoms with Crippen molar-refractivity contribution in [2.45, 2.75) is 33.2 Å². The van der Waals surface area contributed by atoms with Crippen LogP contribution < -0.4 is 5.32 Å². The van der Waals surface area contributed by atoms with Crippen molar-refractivity contribution in [2.24, 2.45) is 5.92 Å². The van der Waals surface area contributed by atoms with Crippen molar-refractivity contribution in [3.05, 3.63) is 0 Å². The van der Waals surface area contributed by atoms with E-state index in [-0.39, 0.29) is 0 Å². The Labute approximate surface area is 113 Å². The van der Waals surface area contributed by atoms with Gasteiger partial charge in [0.2, 0.25) is 0 Å². The van der Waals surface area contributed by atoms with Gasteiger partial charge in [-0.05, 0) is 19.3 Å². The average Bonchev–Trinajstić information content (AvgIpc) is 2.35. The number of hydrogen-bond donors (Lipinski definition) is 1. The molecule has 0 aromatic carbocycles. The van der Waals surface area contributed by atoms with Crippen LogP contribution in [0.4, 0.5) is 0 Å². The second-order valence-corrected chi connectivity index (χ2v) is 5.17. The van der Waals surface area contributed by atoms with Gasteiger partial charge in [-0.25, -0.2) is 0 Å². The maximum atomic E-state index is 5.15. The van der Waals surface area contributed by atoms with Gasteiger partial charge in [0.05, 0.1) is 6.61 Å². The molecule has 0 radical (unpaired) electrons. The van der Waals surface area contributed by atoms with Crippen molar-refractivity contribution in [3.63, 3.8) is 0 Å². The molecule has 0 saturated carbocycles. The minimum Gasteiger partial charge on any atom is -0.385 e. The Morgan fingerprint density at radius 3 is 2.17 bits per heavy atom. The van der Waals surface area contributed by atoms with Crippen LogP contribution in [0.15, 0.2) is 0 Å². The summed E-state index contributed by atoms with van der Waals surface area (Å²) in [5.41, 5.74) is 0. The first-order valence-electron chi connectivity index (χ1n) is 7.05. The van der Waals surface area contributed by atoms with Gasteiger partial charge in [0.1, 0.15) is 0 Å². The predicted molar refractivity (Wildman–Crippen MR) is 77.1 cm³/mol. The van der Waals surface area contributed by atoms with Gasteiger partial charge >= 0.3 is 0 Å². The van der Waals surface area contributed by atoms with Crippen molar-refractivity contribution in [1.29, 1.82) is 0 Å². The van der Waals surface area contributed by atoms with E-state index in [9.17, 15) is 0 Å². The molecule has 0 aromatic heterocycles. The van der Waals surface area contributed by atoms with Crippen LogP contribution in [0.5, 0.6) is 0 Å². The Hall–Kier alpha value is -0.160. The third kappa shape index (κ3) is 9.83. The molecule has 0 amide bonds. The van der Waals surface area contributed by atoms with Gasteiger partial charge in [0.25, 0.3) is 0 Å². The summed E-state index contributed by atoms with van der Waals surface area (Å²) in [5, 5.41) is 3.57. The van der Waals surface area contributed by atoms with Gasteiger partial charge in [-0.2, -0.15) is 0 Å². The highest BCUT2D eigenvalue weighted by atomic mass is 16.5. The van der Waals surface area contributed by atoms with Crippen LogP contribution in [0, 0.1) is 5.92 Å². The molecule has 1 unspecified atom stereocenters. The van der Waals surface area contributed by atoms with Gasteiger partial charge < -0.3 is 14.8 Å². The highest BCUT2D eigenvalue weighted by Gasteiger charge is 2.08.